The molecule has 15 heavy (non-hydrogen) atoms. The van der Waals surface area contributed by atoms with Crippen LogP contribution in [0.15, 0.2) is 22.7 Å². The van der Waals surface area contributed by atoms with Gasteiger partial charge in [-0.15, -0.1) is 0 Å². The van der Waals surface area contributed by atoms with Gasteiger partial charge in [0.15, 0.2) is 0 Å². The molecule has 0 bridgehead atoms. The summed E-state index contributed by atoms with van der Waals surface area (Å²) in [5, 5.41) is 3.36. The molecule has 0 heterocycles. The van der Waals surface area contributed by atoms with Gasteiger partial charge in [0.1, 0.15) is 5.82 Å². The Hall–Kier alpha value is -0.410. The molecule has 1 nitrogen and oxygen atoms in total. The van der Waals surface area contributed by atoms with Crippen LogP contribution >= 0.6 is 15.9 Å². The highest BCUT2D eigenvalue weighted by Crippen LogP contribution is 2.21. The van der Waals surface area contributed by atoms with Crippen LogP contribution in [0, 0.1) is 5.82 Å². The Labute approximate surface area is 99.2 Å². The van der Waals surface area contributed by atoms with Crippen LogP contribution < -0.4 is 5.32 Å². The van der Waals surface area contributed by atoms with Crippen LogP contribution in [-0.4, -0.2) is 13.1 Å². The van der Waals surface area contributed by atoms with Gasteiger partial charge in [-0.25, -0.2) is 4.39 Å². The standard InChI is InChI=1S/C12H17BrFN/c1-3-6-15-8-9(2)10-4-5-12(14)11(13)7-10/h4-5,7,9,15H,3,6,8H2,1-2H3. The lowest BCUT2D eigenvalue weighted by atomic mass is 10.0. The van der Waals surface area contributed by atoms with Gasteiger partial charge in [0, 0.05) is 6.54 Å². The zero-order valence-electron chi connectivity index (χ0n) is 9.19. The molecule has 84 valence electrons. The van der Waals surface area contributed by atoms with Crippen LogP contribution in [0.2, 0.25) is 0 Å². The maximum atomic E-state index is 13.0. The van der Waals surface area contributed by atoms with E-state index < -0.39 is 0 Å². The Morgan fingerprint density at radius 3 is 2.80 bits per heavy atom. The van der Waals surface area contributed by atoms with Crippen molar-refractivity contribution in [3.8, 4) is 0 Å². The number of rotatable bonds is 5. The molecule has 0 radical (unpaired) electrons. The molecule has 0 aliphatic carbocycles. The number of benzene rings is 1. The summed E-state index contributed by atoms with van der Waals surface area (Å²) in [6, 6.07) is 5.21. The van der Waals surface area contributed by atoms with Crippen LogP contribution in [0.3, 0.4) is 0 Å². The summed E-state index contributed by atoms with van der Waals surface area (Å²) < 4.78 is 13.6. The van der Waals surface area contributed by atoms with E-state index in [1.54, 1.807) is 0 Å². The first kappa shape index (κ1) is 12.7. The summed E-state index contributed by atoms with van der Waals surface area (Å²) in [5.74, 6) is 0.209. The van der Waals surface area contributed by atoms with Crippen molar-refractivity contribution in [3.05, 3.63) is 34.1 Å². The van der Waals surface area contributed by atoms with Gasteiger partial charge in [0.05, 0.1) is 4.47 Å². The van der Waals surface area contributed by atoms with Crippen LogP contribution in [0.1, 0.15) is 31.7 Å². The molecule has 1 rings (SSSR count). The largest absolute Gasteiger partial charge is 0.316 e. The van der Waals surface area contributed by atoms with Crippen molar-refractivity contribution < 1.29 is 4.39 Å². The van der Waals surface area contributed by atoms with Crippen LogP contribution in [0.5, 0.6) is 0 Å². The van der Waals surface area contributed by atoms with E-state index in [-0.39, 0.29) is 5.82 Å². The smallest absolute Gasteiger partial charge is 0.137 e. The van der Waals surface area contributed by atoms with Gasteiger partial charge >= 0.3 is 0 Å². The summed E-state index contributed by atoms with van der Waals surface area (Å²) in [7, 11) is 0. The minimum absolute atomic E-state index is 0.201. The van der Waals surface area contributed by atoms with Crippen molar-refractivity contribution in [1.29, 1.82) is 0 Å². The van der Waals surface area contributed by atoms with Gasteiger partial charge in [0.2, 0.25) is 0 Å². The molecule has 0 spiro atoms. The average Bonchev–Trinajstić information content (AvgIpc) is 2.22. The van der Waals surface area contributed by atoms with Crippen LogP contribution in [0.25, 0.3) is 0 Å². The van der Waals surface area contributed by atoms with E-state index in [1.165, 1.54) is 6.07 Å². The molecule has 0 saturated heterocycles. The third-order valence-corrected chi connectivity index (χ3v) is 3.00. The third-order valence-electron chi connectivity index (χ3n) is 2.39. The molecule has 0 aliphatic heterocycles. The summed E-state index contributed by atoms with van der Waals surface area (Å²) in [4.78, 5) is 0. The summed E-state index contributed by atoms with van der Waals surface area (Å²) >= 11 is 3.20. The number of hydrogen-bond acceptors (Lipinski definition) is 1. The Morgan fingerprint density at radius 1 is 1.47 bits per heavy atom. The fourth-order valence-corrected chi connectivity index (χ4v) is 1.83. The minimum Gasteiger partial charge on any atom is -0.316 e. The summed E-state index contributed by atoms with van der Waals surface area (Å²) in [6.45, 7) is 6.26. The third kappa shape index (κ3) is 3.92. The second-order valence-electron chi connectivity index (χ2n) is 3.78. The Morgan fingerprint density at radius 2 is 2.20 bits per heavy atom. The zero-order chi connectivity index (χ0) is 11.3. The Kier molecular flexibility index (Phi) is 5.26. The first-order valence-corrected chi connectivity index (χ1v) is 6.10. The Balaban J connectivity index is 2.57. The van der Waals surface area contributed by atoms with E-state index in [4.69, 9.17) is 0 Å². The topological polar surface area (TPSA) is 12.0 Å². The molecular weight excluding hydrogens is 257 g/mol. The highest BCUT2D eigenvalue weighted by Gasteiger charge is 2.07. The zero-order valence-corrected chi connectivity index (χ0v) is 10.8. The summed E-state index contributed by atoms with van der Waals surface area (Å²) in [6.07, 6.45) is 1.14. The second kappa shape index (κ2) is 6.23. The lowest BCUT2D eigenvalue weighted by Crippen LogP contribution is -2.20. The van der Waals surface area contributed by atoms with Gasteiger partial charge in [-0.05, 0) is 52.5 Å². The fourth-order valence-electron chi connectivity index (χ4n) is 1.43. The molecule has 1 aromatic carbocycles. The van der Waals surface area contributed by atoms with Crippen molar-refractivity contribution in [3.63, 3.8) is 0 Å². The average molecular weight is 274 g/mol. The molecule has 1 aromatic rings. The predicted molar refractivity (Wildman–Crippen MR) is 65.7 cm³/mol. The summed E-state index contributed by atoms with van der Waals surface area (Å²) in [5.41, 5.74) is 1.16. The molecular formula is C12H17BrFN. The molecule has 0 amide bonds. The fraction of sp³-hybridized carbons (Fsp3) is 0.500. The Bertz CT molecular complexity index is 314. The van der Waals surface area contributed by atoms with Crippen molar-refractivity contribution in [1.82, 2.24) is 5.32 Å². The number of hydrogen-bond donors (Lipinski definition) is 1. The van der Waals surface area contributed by atoms with Gasteiger partial charge in [-0.1, -0.05) is 19.9 Å². The van der Waals surface area contributed by atoms with E-state index in [9.17, 15) is 4.39 Å². The predicted octanol–water partition coefficient (Wildman–Crippen LogP) is 3.69. The van der Waals surface area contributed by atoms with Gasteiger partial charge in [0.25, 0.3) is 0 Å². The first-order valence-electron chi connectivity index (χ1n) is 5.30. The van der Waals surface area contributed by atoms with Crippen molar-refractivity contribution in [2.75, 3.05) is 13.1 Å². The van der Waals surface area contributed by atoms with E-state index in [2.05, 4.69) is 35.1 Å². The highest BCUT2D eigenvalue weighted by molar-refractivity contribution is 9.10. The second-order valence-corrected chi connectivity index (χ2v) is 4.63. The first-order chi connectivity index (χ1) is 7.15. The number of nitrogens with one attached hydrogen (secondary N) is 1. The minimum atomic E-state index is -0.201. The quantitative estimate of drug-likeness (QED) is 0.807. The maximum absolute atomic E-state index is 13.0. The lowest BCUT2D eigenvalue weighted by Gasteiger charge is -2.13. The van der Waals surface area contributed by atoms with Gasteiger partial charge in [-0.3, -0.25) is 0 Å². The van der Waals surface area contributed by atoms with E-state index in [0.717, 1.165) is 25.1 Å². The highest BCUT2D eigenvalue weighted by atomic mass is 79.9. The normalized spacial score (nSPS) is 12.8. The molecule has 1 N–H and O–H groups in total. The van der Waals surface area contributed by atoms with Gasteiger partial charge < -0.3 is 5.32 Å². The SMILES string of the molecule is CCCNCC(C)c1ccc(F)c(Br)c1. The lowest BCUT2D eigenvalue weighted by molar-refractivity contribution is 0.600. The molecule has 1 atom stereocenters. The molecule has 0 aromatic heterocycles. The molecule has 1 unspecified atom stereocenters. The molecule has 0 saturated carbocycles. The maximum Gasteiger partial charge on any atom is 0.137 e. The van der Waals surface area contributed by atoms with Crippen molar-refractivity contribution >= 4 is 15.9 Å². The van der Waals surface area contributed by atoms with Gasteiger partial charge in [-0.2, -0.15) is 0 Å². The molecule has 0 aliphatic rings. The molecule has 3 heteroatoms. The van der Waals surface area contributed by atoms with Crippen molar-refractivity contribution in [2.45, 2.75) is 26.2 Å². The van der Waals surface area contributed by atoms with E-state index in [0.29, 0.717) is 10.4 Å². The van der Waals surface area contributed by atoms with Crippen molar-refractivity contribution in [2.24, 2.45) is 0 Å². The monoisotopic (exact) mass is 273 g/mol. The molecule has 0 fully saturated rings. The number of halogens is 2. The van der Waals surface area contributed by atoms with Crippen LogP contribution in [-0.2, 0) is 0 Å². The van der Waals surface area contributed by atoms with Crippen LogP contribution in [0.4, 0.5) is 4.39 Å². The van der Waals surface area contributed by atoms with E-state index in [1.807, 2.05) is 12.1 Å². The van der Waals surface area contributed by atoms with E-state index >= 15 is 0 Å².